The molecule has 0 fully saturated rings. The first-order valence-electron chi connectivity index (χ1n) is 5.44. The number of nitrogens with zero attached hydrogens (tertiary/aromatic N) is 1. The van der Waals surface area contributed by atoms with Gasteiger partial charge in [0.2, 0.25) is 5.91 Å². The minimum Gasteiger partial charge on any atom is -0.494 e. The lowest BCUT2D eigenvalue weighted by molar-refractivity contribution is -0.122. The summed E-state index contributed by atoms with van der Waals surface area (Å²) in [5.74, 6) is 1.26. The second kappa shape index (κ2) is 7.19. The van der Waals surface area contributed by atoms with Crippen molar-refractivity contribution in [3.63, 3.8) is 0 Å². The first-order chi connectivity index (χ1) is 8.11. The Labute approximate surface area is 106 Å². The van der Waals surface area contributed by atoms with Crippen LogP contribution in [0.15, 0.2) is 29.2 Å². The summed E-state index contributed by atoms with van der Waals surface area (Å²) in [7, 11) is 3.58. The maximum Gasteiger partial charge on any atom is 0.244 e. The van der Waals surface area contributed by atoms with Crippen molar-refractivity contribution in [1.82, 2.24) is 10.4 Å². The summed E-state index contributed by atoms with van der Waals surface area (Å²) in [5.41, 5.74) is 2.69. The lowest BCUT2D eigenvalue weighted by atomic mass is 10.3. The SMILES string of the molecule is CCOc1ccc(SCC(=O)NN(C)C)cc1. The highest BCUT2D eigenvalue weighted by Crippen LogP contribution is 2.21. The Balaban J connectivity index is 2.39. The zero-order chi connectivity index (χ0) is 12.7. The molecule has 1 amide bonds. The van der Waals surface area contributed by atoms with E-state index < -0.39 is 0 Å². The number of rotatable bonds is 6. The quantitative estimate of drug-likeness (QED) is 0.620. The van der Waals surface area contributed by atoms with E-state index in [2.05, 4.69) is 5.43 Å². The molecule has 1 aromatic carbocycles. The van der Waals surface area contributed by atoms with Gasteiger partial charge >= 0.3 is 0 Å². The number of ether oxygens (including phenoxy) is 1. The third-order valence-electron chi connectivity index (χ3n) is 1.85. The number of hydrazine groups is 1. The van der Waals surface area contributed by atoms with Crippen LogP contribution >= 0.6 is 11.8 Å². The molecule has 0 spiro atoms. The Morgan fingerprint density at radius 2 is 2.00 bits per heavy atom. The Bertz CT molecular complexity index is 352. The van der Waals surface area contributed by atoms with Crippen molar-refractivity contribution in [2.24, 2.45) is 0 Å². The fraction of sp³-hybridized carbons (Fsp3) is 0.417. The molecule has 94 valence electrons. The van der Waals surface area contributed by atoms with Gasteiger partial charge in [0, 0.05) is 19.0 Å². The summed E-state index contributed by atoms with van der Waals surface area (Å²) in [5, 5.41) is 1.64. The molecule has 5 heteroatoms. The van der Waals surface area contributed by atoms with Crippen molar-refractivity contribution < 1.29 is 9.53 Å². The lowest BCUT2D eigenvalue weighted by Crippen LogP contribution is -2.37. The summed E-state index contributed by atoms with van der Waals surface area (Å²) in [4.78, 5) is 12.5. The van der Waals surface area contributed by atoms with Crippen molar-refractivity contribution >= 4 is 17.7 Å². The van der Waals surface area contributed by atoms with Crippen LogP contribution in [0.3, 0.4) is 0 Å². The van der Waals surface area contributed by atoms with Gasteiger partial charge in [0.25, 0.3) is 0 Å². The van der Waals surface area contributed by atoms with E-state index in [1.807, 2.05) is 31.2 Å². The van der Waals surface area contributed by atoms with Gasteiger partial charge in [-0.1, -0.05) is 0 Å². The number of amides is 1. The maximum atomic E-state index is 11.4. The Morgan fingerprint density at radius 3 is 2.53 bits per heavy atom. The highest BCUT2D eigenvalue weighted by molar-refractivity contribution is 8.00. The number of benzene rings is 1. The van der Waals surface area contributed by atoms with Gasteiger partial charge in [-0.05, 0) is 31.2 Å². The number of nitrogens with one attached hydrogen (secondary N) is 1. The molecule has 0 heterocycles. The third kappa shape index (κ3) is 5.60. The molecule has 0 saturated heterocycles. The van der Waals surface area contributed by atoms with Gasteiger partial charge in [0.15, 0.2) is 0 Å². The van der Waals surface area contributed by atoms with Crippen molar-refractivity contribution in [1.29, 1.82) is 0 Å². The zero-order valence-electron chi connectivity index (χ0n) is 10.4. The van der Waals surface area contributed by atoms with E-state index >= 15 is 0 Å². The molecule has 0 bridgehead atoms. The Hall–Kier alpha value is -1.20. The predicted molar refractivity (Wildman–Crippen MR) is 70.2 cm³/mol. The third-order valence-corrected chi connectivity index (χ3v) is 2.86. The minimum atomic E-state index is -0.00566. The second-order valence-corrected chi connectivity index (χ2v) is 4.67. The number of hydrogen-bond acceptors (Lipinski definition) is 4. The Morgan fingerprint density at radius 1 is 1.35 bits per heavy atom. The van der Waals surface area contributed by atoms with Crippen LogP contribution in [-0.2, 0) is 4.79 Å². The van der Waals surface area contributed by atoms with Crippen LogP contribution in [0.25, 0.3) is 0 Å². The molecule has 0 aliphatic heterocycles. The topological polar surface area (TPSA) is 41.6 Å². The van der Waals surface area contributed by atoms with Crippen LogP contribution in [0.4, 0.5) is 0 Å². The first kappa shape index (κ1) is 13.9. The average Bonchev–Trinajstić information content (AvgIpc) is 2.28. The fourth-order valence-electron chi connectivity index (χ4n) is 1.23. The molecule has 0 radical (unpaired) electrons. The van der Waals surface area contributed by atoms with E-state index in [-0.39, 0.29) is 5.91 Å². The van der Waals surface area contributed by atoms with E-state index in [1.165, 1.54) is 11.8 Å². The van der Waals surface area contributed by atoms with Gasteiger partial charge in [0.05, 0.1) is 12.4 Å². The van der Waals surface area contributed by atoms with Crippen molar-refractivity contribution in [2.75, 3.05) is 26.5 Å². The van der Waals surface area contributed by atoms with Crippen molar-refractivity contribution in [3.05, 3.63) is 24.3 Å². The van der Waals surface area contributed by atoms with Gasteiger partial charge in [0.1, 0.15) is 5.75 Å². The summed E-state index contributed by atoms with van der Waals surface area (Å²) >= 11 is 1.50. The smallest absolute Gasteiger partial charge is 0.244 e. The minimum absolute atomic E-state index is 0.00566. The van der Waals surface area contributed by atoms with E-state index in [1.54, 1.807) is 19.1 Å². The highest BCUT2D eigenvalue weighted by atomic mass is 32.2. The van der Waals surface area contributed by atoms with Gasteiger partial charge in [-0.15, -0.1) is 11.8 Å². The maximum absolute atomic E-state index is 11.4. The summed E-state index contributed by atoms with van der Waals surface area (Å²) < 4.78 is 5.34. The van der Waals surface area contributed by atoms with Crippen LogP contribution in [0.2, 0.25) is 0 Å². The molecule has 0 atom stereocenters. The van der Waals surface area contributed by atoms with Crippen LogP contribution < -0.4 is 10.2 Å². The molecule has 1 rings (SSSR count). The molecule has 1 aromatic rings. The van der Waals surface area contributed by atoms with E-state index in [0.717, 1.165) is 10.6 Å². The van der Waals surface area contributed by atoms with E-state index in [0.29, 0.717) is 12.4 Å². The number of hydrogen-bond donors (Lipinski definition) is 1. The van der Waals surface area contributed by atoms with Gasteiger partial charge in [-0.25, -0.2) is 5.01 Å². The second-order valence-electron chi connectivity index (χ2n) is 3.62. The molecule has 0 aliphatic rings. The molecule has 4 nitrogen and oxygen atoms in total. The monoisotopic (exact) mass is 254 g/mol. The zero-order valence-corrected chi connectivity index (χ0v) is 11.2. The number of carbonyl (C=O) groups is 1. The number of thioether (sulfide) groups is 1. The molecule has 0 unspecified atom stereocenters. The predicted octanol–water partition coefficient (Wildman–Crippen LogP) is 1.77. The standard InChI is InChI=1S/C12H18N2O2S/c1-4-16-10-5-7-11(8-6-10)17-9-12(15)13-14(2)3/h5-8H,4,9H2,1-3H3,(H,13,15). The normalized spacial score (nSPS) is 10.4. The summed E-state index contributed by atoms with van der Waals surface area (Å²) in [6.45, 7) is 2.62. The van der Waals surface area contributed by atoms with Crippen molar-refractivity contribution in [3.8, 4) is 5.75 Å². The van der Waals surface area contributed by atoms with Crippen LogP contribution in [0.1, 0.15) is 6.92 Å². The van der Waals surface area contributed by atoms with Crippen molar-refractivity contribution in [2.45, 2.75) is 11.8 Å². The van der Waals surface area contributed by atoms with Gasteiger partial charge in [-0.3, -0.25) is 10.2 Å². The first-order valence-corrected chi connectivity index (χ1v) is 6.43. The van der Waals surface area contributed by atoms with Gasteiger partial charge < -0.3 is 4.74 Å². The molecular weight excluding hydrogens is 236 g/mol. The molecular formula is C12H18N2O2S. The largest absolute Gasteiger partial charge is 0.494 e. The van der Waals surface area contributed by atoms with E-state index in [4.69, 9.17) is 4.74 Å². The molecule has 0 aliphatic carbocycles. The number of carbonyl (C=O) groups excluding carboxylic acids is 1. The summed E-state index contributed by atoms with van der Waals surface area (Å²) in [6, 6.07) is 7.74. The highest BCUT2D eigenvalue weighted by Gasteiger charge is 2.03. The fourth-order valence-corrected chi connectivity index (χ4v) is 1.92. The van der Waals surface area contributed by atoms with Crippen LogP contribution in [0.5, 0.6) is 5.75 Å². The average molecular weight is 254 g/mol. The molecule has 0 saturated carbocycles. The molecule has 0 aromatic heterocycles. The van der Waals surface area contributed by atoms with E-state index in [9.17, 15) is 4.79 Å². The van der Waals surface area contributed by atoms with Crippen LogP contribution in [-0.4, -0.2) is 37.4 Å². The Kier molecular flexibility index (Phi) is 5.86. The van der Waals surface area contributed by atoms with Crippen LogP contribution in [0, 0.1) is 0 Å². The molecule has 17 heavy (non-hydrogen) atoms. The van der Waals surface area contributed by atoms with Gasteiger partial charge in [-0.2, -0.15) is 0 Å². The molecule has 1 N–H and O–H groups in total. The summed E-state index contributed by atoms with van der Waals surface area (Å²) in [6.07, 6.45) is 0. The lowest BCUT2D eigenvalue weighted by Gasteiger charge is -2.11.